The molecule has 2 heterocycles. The molecule has 0 unspecified atom stereocenters. The maximum Gasteiger partial charge on any atom is 0.137 e. The number of hydrogen-bond donors (Lipinski definition) is 2. The van der Waals surface area contributed by atoms with Gasteiger partial charge >= 0.3 is 0 Å². The maximum absolute atomic E-state index is 6.38. The predicted molar refractivity (Wildman–Crippen MR) is 96.5 cm³/mol. The highest BCUT2D eigenvalue weighted by atomic mass is 15.2. The van der Waals surface area contributed by atoms with Crippen molar-refractivity contribution in [2.75, 3.05) is 13.1 Å². The number of aromatic nitrogens is 2. The van der Waals surface area contributed by atoms with Gasteiger partial charge in [0.1, 0.15) is 5.82 Å². The van der Waals surface area contributed by atoms with Crippen LogP contribution in [0.25, 0.3) is 11.4 Å². The summed E-state index contributed by atoms with van der Waals surface area (Å²) in [6.45, 7) is 2.76. The van der Waals surface area contributed by atoms with Crippen molar-refractivity contribution >= 4 is 0 Å². The number of likely N-dealkylation sites (tertiary alicyclic amines) is 1. The van der Waals surface area contributed by atoms with Gasteiger partial charge in [0.05, 0.1) is 0 Å². The Bertz CT molecular complexity index is 782. The summed E-state index contributed by atoms with van der Waals surface area (Å²) in [5, 5.41) is 0. The molecular weight excluding hydrogens is 296 g/mol. The summed E-state index contributed by atoms with van der Waals surface area (Å²) in [5.41, 5.74) is 9.97. The molecule has 3 aromatic rings. The van der Waals surface area contributed by atoms with E-state index in [2.05, 4.69) is 57.3 Å². The van der Waals surface area contributed by atoms with Gasteiger partial charge in [-0.25, -0.2) is 4.98 Å². The van der Waals surface area contributed by atoms with Crippen molar-refractivity contribution in [3.63, 3.8) is 0 Å². The van der Waals surface area contributed by atoms with Crippen LogP contribution in [-0.2, 0) is 6.54 Å². The second kappa shape index (κ2) is 6.59. The van der Waals surface area contributed by atoms with E-state index in [4.69, 9.17) is 5.73 Å². The molecule has 1 fully saturated rings. The first-order chi connectivity index (χ1) is 11.8. The van der Waals surface area contributed by atoms with E-state index in [1.807, 2.05) is 24.4 Å². The highest BCUT2D eigenvalue weighted by molar-refractivity contribution is 5.54. The fraction of sp³-hybridized carbons (Fsp3) is 0.250. The first kappa shape index (κ1) is 15.1. The number of benzene rings is 2. The lowest BCUT2D eigenvalue weighted by atomic mass is 9.95. The van der Waals surface area contributed by atoms with Gasteiger partial charge in [0.25, 0.3) is 0 Å². The minimum Gasteiger partial charge on any atom is -0.341 e. The first-order valence-electron chi connectivity index (χ1n) is 8.42. The van der Waals surface area contributed by atoms with Crippen molar-refractivity contribution in [1.82, 2.24) is 14.9 Å². The van der Waals surface area contributed by atoms with Gasteiger partial charge in [-0.2, -0.15) is 0 Å². The van der Waals surface area contributed by atoms with E-state index in [0.717, 1.165) is 36.7 Å². The van der Waals surface area contributed by atoms with Crippen LogP contribution in [-0.4, -0.2) is 34.0 Å². The van der Waals surface area contributed by atoms with E-state index >= 15 is 0 Å². The Morgan fingerprint density at radius 2 is 1.71 bits per heavy atom. The molecule has 4 rings (SSSR count). The van der Waals surface area contributed by atoms with Gasteiger partial charge in [-0.1, -0.05) is 60.7 Å². The third-order valence-electron chi connectivity index (χ3n) is 4.74. The molecule has 2 aromatic carbocycles. The smallest absolute Gasteiger partial charge is 0.137 e. The molecule has 1 saturated heterocycles. The SMILES string of the molecule is N[C@@H]1CN(Cc2cnc(-c3ccccc3)[nH]2)C[C@H]1c1ccccc1. The van der Waals surface area contributed by atoms with Gasteiger partial charge in [0.15, 0.2) is 0 Å². The number of aromatic amines is 1. The topological polar surface area (TPSA) is 57.9 Å². The van der Waals surface area contributed by atoms with E-state index in [-0.39, 0.29) is 6.04 Å². The van der Waals surface area contributed by atoms with E-state index in [0.29, 0.717) is 5.92 Å². The van der Waals surface area contributed by atoms with Gasteiger partial charge in [-0.05, 0) is 5.56 Å². The lowest BCUT2D eigenvalue weighted by Crippen LogP contribution is -2.28. The lowest BCUT2D eigenvalue weighted by molar-refractivity contribution is 0.320. The van der Waals surface area contributed by atoms with Crippen molar-refractivity contribution in [3.05, 3.63) is 78.1 Å². The largest absolute Gasteiger partial charge is 0.341 e. The fourth-order valence-corrected chi connectivity index (χ4v) is 3.52. The van der Waals surface area contributed by atoms with E-state index < -0.39 is 0 Å². The molecule has 24 heavy (non-hydrogen) atoms. The number of hydrogen-bond acceptors (Lipinski definition) is 3. The van der Waals surface area contributed by atoms with Crippen molar-refractivity contribution in [2.45, 2.75) is 18.5 Å². The zero-order chi connectivity index (χ0) is 16.4. The van der Waals surface area contributed by atoms with Gasteiger partial charge in [0.2, 0.25) is 0 Å². The Labute approximate surface area is 142 Å². The van der Waals surface area contributed by atoms with Gasteiger partial charge in [-0.3, -0.25) is 4.90 Å². The number of imidazole rings is 1. The lowest BCUT2D eigenvalue weighted by Gasteiger charge is -2.15. The highest BCUT2D eigenvalue weighted by Crippen LogP contribution is 2.27. The third kappa shape index (κ3) is 3.11. The normalized spacial score (nSPS) is 21.2. The second-order valence-electron chi connectivity index (χ2n) is 6.50. The highest BCUT2D eigenvalue weighted by Gasteiger charge is 2.31. The number of nitrogens with zero attached hydrogens (tertiary/aromatic N) is 2. The third-order valence-corrected chi connectivity index (χ3v) is 4.74. The molecule has 1 aliphatic rings. The Kier molecular flexibility index (Phi) is 4.15. The number of nitrogens with one attached hydrogen (secondary N) is 1. The molecule has 4 heteroatoms. The maximum atomic E-state index is 6.38. The molecule has 0 amide bonds. The molecule has 3 N–H and O–H groups in total. The van der Waals surface area contributed by atoms with Crippen molar-refractivity contribution < 1.29 is 0 Å². The zero-order valence-corrected chi connectivity index (χ0v) is 13.6. The minimum atomic E-state index is 0.184. The molecular formula is C20H22N4. The summed E-state index contributed by atoms with van der Waals surface area (Å²) in [7, 11) is 0. The molecule has 2 atom stereocenters. The first-order valence-corrected chi connectivity index (χ1v) is 8.42. The van der Waals surface area contributed by atoms with E-state index in [9.17, 15) is 0 Å². The van der Waals surface area contributed by atoms with Crippen LogP contribution in [0.5, 0.6) is 0 Å². The predicted octanol–water partition coefficient (Wildman–Crippen LogP) is 3.00. The molecule has 0 saturated carbocycles. The average molecular weight is 318 g/mol. The number of nitrogens with two attached hydrogens (primary N) is 1. The molecule has 4 nitrogen and oxygen atoms in total. The summed E-state index contributed by atoms with van der Waals surface area (Å²) in [4.78, 5) is 10.4. The molecule has 0 spiro atoms. The monoisotopic (exact) mass is 318 g/mol. The van der Waals surface area contributed by atoms with E-state index in [1.165, 1.54) is 5.56 Å². The quantitative estimate of drug-likeness (QED) is 0.777. The van der Waals surface area contributed by atoms with Crippen molar-refractivity contribution in [2.24, 2.45) is 5.73 Å². The van der Waals surface area contributed by atoms with Gasteiger partial charge in [-0.15, -0.1) is 0 Å². The number of H-pyrrole nitrogens is 1. The standard InChI is InChI=1S/C20H22N4/c21-19-14-24(13-18(19)15-7-3-1-4-8-15)12-17-11-22-20(23-17)16-9-5-2-6-10-16/h1-11,18-19H,12-14,21H2,(H,22,23)/t18-,19+/m0/s1. The summed E-state index contributed by atoms with van der Waals surface area (Å²) >= 11 is 0. The van der Waals surface area contributed by atoms with Gasteiger partial charge in [0, 0.05) is 49.0 Å². The van der Waals surface area contributed by atoms with Crippen LogP contribution >= 0.6 is 0 Å². The summed E-state index contributed by atoms with van der Waals surface area (Å²) in [6, 6.07) is 21.0. The number of rotatable bonds is 4. The Hall–Kier alpha value is -2.43. The van der Waals surface area contributed by atoms with Gasteiger partial charge < -0.3 is 10.7 Å². The Balaban J connectivity index is 1.44. The summed E-state index contributed by atoms with van der Waals surface area (Å²) in [6.07, 6.45) is 1.93. The molecule has 0 radical (unpaired) electrons. The molecule has 0 aliphatic carbocycles. The van der Waals surface area contributed by atoms with Crippen LogP contribution in [0.15, 0.2) is 66.9 Å². The zero-order valence-electron chi connectivity index (χ0n) is 13.6. The van der Waals surface area contributed by atoms with Crippen LogP contribution in [0.3, 0.4) is 0 Å². The fourth-order valence-electron chi connectivity index (χ4n) is 3.52. The molecule has 0 bridgehead atoms. The second-order valence-corrected chi connectivity index (χ2v) is 6.50. The minimum absolute atomic E-state index is 0.184. The Morgan fingerprint density at radius 1 is 1.00 bits per heavy atom. The molecule has 1 aliphatic heterocycles. The molecule has 122 valence electrons. The van der Waals surface area contributed by atoms with Crippen LogP contribution < -0.4 is 5.73 Å². The average Bonchev–Trinajstić information content (AvgIpc) is 3.23. The van der Waals surface area contributed by atoms with Crippen molar-refractivity contribution in [1.29, 1.82) is 0 Å². The van der Waals surface area contributed by atoms with E-state index in [1.54, 1.807) is 0 Å². The van der Waals surface area contributed by atoms with Crippen molar-refractivity contribution in [3.8, 4) is 11.4 Å². The Morgan fingerprint density at radius 3 is 2.46 bits per heavy atom. The van der Waals surface area contributed by atoms with Crippen LogP contribution in [0.1, 0.15) is 17.2 Å². The van der Waals surface area contributed by atoms with Crippen LogP contribution in [0.4, 0.5) is 0 Å². The summed E-state index contributed by atoms with van der Waals surface area (Å²) in [5.74, 6) is 1.33. The van der Waals surface area contributed by atoms with Crippen LogP contribution in [0.2, 0.25) is 0 Å². The summed E-state index contributed by atoms with van der Waals surface area (Å²) < 4.78 is 0. The molecule has 1 aromatic heterocycles. The van der Waals surface area contributed by atoms with Crippen LogP contribution in [0, 0.1) is 0 Å².